The summed E-state index contributed by atoms with van der Waals surface area (Å²) in [6, 6.07) is 5.54. The number of pyridine rings is 1. The maximum Gasteiger partial charge on any atom is 0.318 e. The quantitative estimate of drug-likeness (QED) is 0.929. The van der Waals surface area contributed by atoms with Gasteiger partial charge in [-0.05, 0) is 19.1 Å². The van der Waals surface area contributed by atoms with Gasteiger partial charge >= 0.3 is 6.03 Å². The van der Waals surface area contributed by atoms with Crippen LogP contribution in [0.15, 0.2) is 43.0 Å². The highest BCUT2D eigenvalue weighted by Crippen LogP contribution is 2.13. The van der Waals surface area contributed by atoms with Crippen LogP contribution < -0.4 is 10.2 Å². The minimum atomic E-state index is -0.110. The molecule has 0 saturated carbocycles. The molecule has 120 valence electrons. The Morgan fingerprint density at radius 1 is 1.13 bits per heavy atom. The van der Waals surface area contributed by atoms with Crippen molar-refractivity contribution >= 4 is 11.8 Å². The van der Waals surface area contributed by atoms with E-state index >= 15 is 0 Å². The van der Waals surface area contributed by atoms with E-state index in [1.54, 1.807) is 24.8 Å². The number of rotatable bonds is 3. The van der Waals surface area contributed by atoms with Crippen LogP contribution in [-0.4, -0.2) is 52.1 Å². The number of aromatic nitrogens is 3. The molecule has 0 aliphatic carbocycles. The minimum Gasteiger partial charge on any atom is -0.352 e. The van der Waals surface area contributed by atoms with E-state index < -0.39 is 0 Å². The number of nitrogens with zero attached hydrogens (tertiary/aromatic N) is 5. The summed E-state index contributed by atoms with van der Waals surface area (Å²) in [6.07, 6.45) is 6.83. The molecule has 0 spiro atoms. The Morgan fingerprint density at radius 2 is 1.96 bits per heavy atom. The van der Waals surface area contributed by atoms with E-state index in [-0.39, 0.29) is 12.1 Å². The number of hydrogen-bond acceptors (Lipinski definition) is 5. The average Bonchev–Trinajstić information content (AvgIpc) is 2.63. The Bertz CT molecular complexity index is 628. The van der Waals surface area contributed by atoms with Gasteiger partial charge in [0.25, 0.3) is 0 Å². The first kappa shape index (κ1) is 15.2. The highest BCUT2D eigenvalue weighted by molar-refractivity contribution is 5.75. The highest BCUT2D eigenvalue weighted by Gasteiger charge is 2.23. The molecule has 1 unspecified atom stereocenters. The second kappa shape index (κ2) is 7.04. The first-order valence-electron chi connectivity index (χ1n) is 7.71. The van der Waals surface area contributed by atoms with Crippen LogP contribution in [0, 0.1) is 0 Å². The van der Waals surface area contributed by atoms with Crippen molar-refractivity contribution in [3.63, 3.8) is 0 Å². The van der Waals surface area contributed by atoms with E-state index in [1.165, 1.54) is 0 Å². The van der Waals surface area contributed by atoms with E-state index in [2.05, 4.69) is 25.2 Å². The summed E-state index contributed by atoms with van der Waals surface area (Å²) in [7, 11) is 0. The molecule has 1 fully saturated rings. The normalized spacial score (nSPS) is 16.0. The molecular weight excluding hydrogens is 292 g/mol. The van der Waals surface area contributed by atoms with Crippen molar-refractivity contribution in [2.75, 3.05) is 31.1 Å². The Hall–Kier alpha value is -2.70. The Morgan fingerprint density at radius 3 is 2.61 bits per heavy atom. The minimum absolute atomic E-state index is 0.0538. The number of carbonyl (C=O) groups is 1. The third kappa shape index (κ3) is 3.74. The molecule has 2 aromatic heterocycles. The zero-order chi connectivity index (χ0) is 16.1. The van der Waals surface area contributed by atoms with Crippen LogP contribution in [0.2, 0.25) is 0 Å². The smallest absolute Gasteiger partial charge is 0.318 e. The van der Waals surface area contributed by atoms with Gasteiger partial charge in [-0.25, -0.2) is 9.78 Å². The molecule has 1 saturated heterocycles. The average molecular weight is 312 g/mol. The van der Waals surface area contributed by atoms with E-state index in [9.17, 15) is 4.79 Å². The monoisotopic (exact) mass is 312 g/mol. The lowest BCUT2D eigenvalue weighted by atomic mass is 10.2. The van der Waals surface area contributed by atoms with Crippen molar-refractivity contribution in [1.29, 1.82) is 0 Å². The summed E-state index contributed by atoms with van der Waals surface area (Å²) in [6.45, 7) is 4.78. The third-order valence-electron chi connectivity index (χ3n) is 3.91. The van der Waals surface area contributed by atoms with Crippen LogP contribution >= 0.6 is 0 Å². The molecule has 1 aliphatic rings. The van der Waals surface area contributed by atoms with Crippen molar-refractivity contribution in [1.82, 2.24) is 25.2 Å². The molecule has 7 nitrogen and oxygen atoms in total. The fraction of sp³-hybridized carbons (Fsp3) is 0.375. The number of piperazine rings is 1. The number of amides is 2. The van der Waals surface area contributed by atoms with Gasteiger partial charge in [-0.1, -0.05) is 6.07 Å². The largest absolute Gasteiger partial charge is 0.352 e. The standard InChI is InChI=1S/C16H20N6O/c1-13(14-4-2-3-5-18-14)20-16(23)22-10-8-21(9-11-22)15-12-17-6-7-19-15/h2-7,12-13H,8-11H2,1H3,(H,20,23). The summed E-state index contributed by atoms with van der Waals surface area (Å²) >= 11 is 0. The highest BCUT2D eigenvalue weighted by atomic mass is 16.2. The van der Waals surface area contributed by atoms with Crippen molar-refractivity contribution < 1.29 is 4.79 Å². The predicted molar refractivity (Wildman–Crippen MR) is 87.0 cm³/mol. The maximum atomic E-state index is 12.4. The van der Waals surface area contributed by atoms with E-state index in [0.717, 1.165) is 24.6 Å². The summed E-state index contributed by atoms with van der Waals surface area (Å²) in [5, 5.41) is 3.00. The molecular formula is C16H20N6O. The van der Waals surface area contributed by atoms with Gasteiger partial charge in [-0.2, -0.15) is 0 Å². The molecule has 0 radical (unpaired) electrons. The number of nitrogens with one attached hydrogen (secondary N) is 1. The van der Waals surface area contributed by atoms with Crippen molar-refractivity contribution in [2.24, 2.45) is 0 Å². The molecule has 23 heavy (non-hydrogen) atoms. The lowest BCUT2D eigenvalue weighted by Gasteiger charge is -2.35. The third-order valence-corrected chi connectivity index (χ3v) is 3.91. The second-order valence-electron chi connectivity index (χ2n) is 5.46. The summed E-state index contributed by atoms with van der Waals surface area (Å²) < 4.78 is 0. The molecule has 2 amide bonds. The van der Waals surface area contributed by atoms with Crippen LogP contribution in [-0.2, 0) is 0 Å². The topological polar surface area (TPSA) is 74.2 Å². The summed E-state index contributed by atoms with van der Waals surface area (Å²) in [4.78, 5) is 29.0. The lowest BCUT2D eigenvalue weighted by molar-refractivity contribution is 0.191. The SMILES string of the molecule is CC(NC(=O)N1CCN(c2cnccn2)CC1)c1ccccn1. The van der Waals surface area contributed by atoms with Gasteiger partial charge in [0.15, 0.2) is 0 Å². The van der Waals surface area contributed by atoms with Gasteiger partial charge in [-0.3, -0.25) is 9.97 Å². The second-order valence-corrected chi connectivity index (χ2v) is 5.46. The molecule has 1 N–H and O–H groups in total. The molecule has 0 aromatic carbocycles. The maximum absolute atomic E-state index is 12.4. The fourth-order valence-electron chi connectivity index (χ4n) is 2.58. The molecule has 3 rings (SSSR count). The van der Waals surface area contributed by atoms with Crippen LogP contribution in [0.5, 0.6) is 0 Å². The molecule has 3 heterocycles. The van der Waals surface area contributed by atoms with Crippen LogP contribution in [0.25, 0.3) is 0 Å². The summed E-state index contributed by atoms with van der Waals surface area (Å²) in [5.74, 6) is 0.856. The van der Waals surface area contributed by atoms with Gasteiger partial charge in [0.2, 0.25) is 0 Å². The van der Waals surface area contributed by atoms with Crippen molar-refractivity contribution in [2.45, 2.75) is 13.0 Å². The Balaban J connectivity index is 1.52. The first-order chi connectivity index (χ1) is 11.2. The number of urea groups is 1. The molecule has 0 bridgehead atoms. The zero-order valence-electron chi connectivity index (χ0n) is 13.1. The lowest BCUT2D eigenvalue weighted by Crippen LogP contribution is -2.52. The predicted octanol–water partition coefficient (Wildman–Crippen LogP) is 1.46. The molecule has 1 aliphatic heterocycles. The molecule has 1 atom stereocenters. The van der Waals surface area contributed by atoms with Crippen molar-refractivity contribution in [3.8, 4) is 0 Å². The summed E-state index contributed by atoms with van der Waals surface area (Å²) in [5.41, 5.74) is 0.860. The van der Waals surface area contributed by atoms with Crippen LogP contribution in [0.3, 0.4) is 0 Å². The van der Waals surface area contributed by atoms with Crippen LogP contribution in [0.4, 0.5) is 10.6 Å². The number of hydrogen-bond donors (Lipinski definition) is 1. The zero-order valence-corrected chi connectivity index (χ0v) is 13.1. The Labute approximate surface area is 135 Å². The van der Waals surface area contributed by atoms with Gasteiger partial charge in [0.1, 0.15) is 5.82 Å². The number of carbonyl (C=O) groups excluding carboxylic acids is 1. The van der Waals surface area contributed by atoms with Gasteiger partial charge in [0, 0.05) is 44.8 Å². The van der Waals surface area contributed by atoms with Gasteiger partial charge < -0.3 is 15.1 Å². The fourth-order valence-corrected chi connectivity index (χ4v) is 2.58. The first-order valence-corrected chi connectivity index (χ1v) is 7.71. The van der Waals surface area contributed by atoms with Crippen molar-refractivity contribution in [3.05, 3.63) is 48.7 Å². The van der Waals surface area contributed by atoms with E-state index in [0.29, 0.717) is 13.1 Å². The van der Waals surface area contributed by atoms with Gasteiger partial charge in [0.05, 0.1) is 17.9 Å². The van der Waals surface area contributed by atoms with E-state index in [1.807, 2.05) is 30.0 Å². The van der Waals surface area contributed by atoms with E-state index in [4.69, 9.17) is 0 Å². The van der Waals surface area contributed by atoms with Gasteiger partial charge in [-0.15, -0.1) is 0 Å². The number of anilines is 1. The molecule has 2 aromatic rings. The van der Waals surface area contributed by atoms with Crippen LogP contribution in [0.1, 0.15) is 18.7 Å². The Kier molecular flexibility index (Phi) is 4.65. The molecule has 7 heteroatoms.